The summed E-state index contributed by atoms with van der Waals surface area (Å²) < 4.78 is 0. The molecule has 0 aliphatic heterocycles. The van der Waals surface area contributed by atoms with Gasteiger partial charge in [0.1, 0.15) is 17.8 Å². The summed E-state index contributed by atoms with van der Waals surface area (Å²) in [5.41, 5.74) is 3.50. The molecule has 1 amide bonds. The Bertz CT molecular complexity index is 900. The third kappa shape index (κ3) is 5.14. The fourth-order valence-electron chi connectivity index (χ4n) is 2.62. The zero-order valence-corrected chi connectivity index (χ0v) is 15.9. The van der Waals surface area contributed by atoms with E-state index in [1.807, 2.05) is 54.6 Å². The lowest BCUT2D eigenvalue weighted by molar-refractivity contribution is 0.102. The molecule has 2 aromatic carbocycles. The summed E-state index contributed by atoms with van der Waals surface area (Å²) in [6.45, 7) is 7.11. The van der Waals surface area contributed by atoms with Gasteiger partial charge in [0.05, 0.1) is 0 Å². The van der Waals surface area contributed by atoms with Crippen molar-refractivity contribution in [3.8, 4) is 0 Å². The number of carbonyl (C=O) groups excluding carboxylic acids is 1. The summed E-state index contributed by atoms with van der Waals surface area (Å²) >= 11 is 0. The SMILES string of the molecule is CC(C)(C)c1ccc(NC(=O)c2cc(NCc3ccccc3)ncn2)cc1. The maximum Gasteiger partial charge on any atom is 0.274 e. The molecule has 1 aromatic heterocycles. The van der Waals surface area contributed by atoms with Gasteiger partial charge in [-0.15, -0.1) is 0 Å². The maximum absolute atomic E-state index is 12.5. The smallest absolute Gasteiger partial charge is 0.274 e. The van der Waals surface area contributed by atoms with Gasteiger partial charge >= 0.3 is 0 Å². The number of nitrogens with one attached hydrogen (secondary N) is 2. The van der Waals surface area contributed by atoms with Gasteiger partial charge in [-0.2, -0.15) is 0 Å². The molecule has 27 heavy (non-hydrogen) atoms. The number of carbonyl (C=O) groups is 1. The zero-order valence-electron chi connectivity index (χ0n) is 15.9. The fraction of sp³-hybridized carbons (Fsp3) is 0.227. The number of hydrogen-bond acceptors (Lipinski definition) is 4. The molecule has 0 aliphatic rings. The largest absolute Gasteiger partial charge is 0.366 e. The Labute approximate surface area is 159 Å². The Morgan fingerprint density at radius 2 is 1.67 bits per heavy atom. The Morgan fingerprint density at radius 3 is 2.33 bits per heavy atom. The molecular formula is C22H24N4O. The first-order valence-electron chi connectivity index (χ1n) is 8.93. The highest BCUT2D eigenvalue weighted by Gasteiger charge is 2.14. The minimum absolute atomic E-state index is 0.0779. The van der Waals surface area contributed by atoms with Crippen LogP contribution in [0.15, 0.2) is 67.0 Å². The number of amides is 1. The normalized spacial score (nSPS) is 11.1. The minimum atomic E-state index is -0.260. The van der Waals surface area contributed by atoms with Crippen LogP contribution in [0.1, 0.15) is 42.4 Å². The summed E-state index contributed by atoms with van der Waals surface area (Å²) in [6, 6.07) is 19.5. The molecule has 0 saturated heterocycles. The van der Waals surface area contributed by atoms with E-state index in [1.54, 1.807) is 6.07 Å². The molecule has 0 aliphatic carbocycles. The molecule has 0 fully saturated rings. The zero-order chi connectivity index (χ0) is 19.3. The Morgan fingerprint density at radius 1 is 0.963 bits per heavy atom. The Kier molecular flexibility index (Phi) is 5.50. The molecule has 0 unspecified atom stereocenters. The van der Waals surface area contributed by atoms with E-state index in [-0.39, 0.29) is 11.3 Å². The van der Waals surface area contributed by atoms with Gasteiger partial charge in [0.15, 0.2) is 0 Å². The van der Waals surface area contributed by atoms with Crippen molar-refractivity contribution in [1.29, 1.82) is 0 Å². The molecule has 0 spiro atoms. The summed E-state index contributed by atoms with van der Waals surface area (Å²) in [6.07, 6.45) is 1.39. The average molecular weight is 360 g/mol. The number of benzene rings is 2. The van der Waals surface area contributed by atoms with Crippen LogP contribution in [-0.4, -0.2) is 15.9 Å². The van der Waals surface area contributed by atoms with E-state index in [9.17, 15) is 4.79 Å². The highest BCUT2D eigenvalue weighted by molar-refractivity contribution is 6.03. The van der Waals surface area contributed by atoms with E-state index in [0.717, 1.165) is 11.3 Å². The van der Waals surface area contributed by atoms with Crippen molar-refractivity contribution in [1.82, 2.24) is 9.97 Å². The lowest BCUT2D eigenvalue weighted by Crippen LogP contribution is -2.15. The van der Waals surface area contributed by atoms with E-state index in [1.165, 1.54) is 11.9 Å². The summed E-state index contributed by atoms with van der Waals surface area (Å²) in [7, 11) is 0. The molecule has 2 N–H and O–H groups in total. The number of hydrogen-bond donors (Lipinski definition) is 2. The van der Waals surface area contributed by atoms with E-state index in [2.05, 4.69) is 41.4 Å². The van der Waals surface area contributed by atoms with Crippen LogP contribution in [0.2, 0.25) is 0 Å². The molecule has 1 heterocycles. The van der Waals surface area contributed by atoms with Gasteiger partial charge in [-0.05, 0) is 28.7 Å². The molecule has 0 bridgehead atoms. The summed E-state index contributed by atoms with van der Waals surface area (Å²) in [5.74, 6) is 0.353. The van der Waals surface area contributed by atoms with Crippen LogP contribution in [0.25, 0.3) is 0 Å². The third-order valence-corrected chi connectivity index (χ3v) is 4.22. The first kappa shape index (κ1) is 18.6. The predicted octanol–water partition coefficient (Wildman–Crippen LogP) is 4.64. The van der Waals surface area contributed by atoms with E-state index in [0.29, 0.717) is 18.1 Å². The first-order chi connectivity index (χ1) is 12.9. The fourth-order valence-corrected chi connectivity index (χ4v) is 2.62. The van der Waals surface area contributed by atoms with Crippen molar-refractivity contribution in [3.63, 3.8) is 0 Å². The molecule has 0 radical (unpaired) electrons. The highest BCUT2D eigenvalue weighted by atomic mass is 16.1. The topological polar surface area (TPSA) is 66.9 Å². The minimum Gasteiger partial charge on any atom is -0.366 e. The van der Waals surface area contributed by atoms with Crippen LogP contribution in [-0.2, 0) is 12.0 Å². The molecule has 0 saturated carbocycles. The second-order valence-corrected chi connectivity index (χ2v) is 7.41. The van der Waals surface area contributed by atoms with Gasteiger partial charge in [0.25, 0.3) is 5.91 Å². The standard InChI is InChI=1S/C22H24N4O/c1-22(2,3)17-9-11-18(12-10-17)26-21(27)19-13-20(25-15-24-19)23-14-16-7-5-4-6-8-16/h4-13,15H,14H2,1-3H3,(H,26,27)(H,23,24,25). The second-order valence-electron chi connectivity index (χ2n) is 7.41. The van der Waals surface area contributed by atoms with Crippen LogP contribution >= 0.6 is 0 Å². The van der Waals surface area contributed by atoms with E-state index < -0.39 is 0 Å². The van der Waals surface area contributed by atoms with Crippen LogP contribution < -0.4 is 10.6 Å². The van der Waals surface area contributed by atoms with Crippen molar-refractivity contribution in [2.45, 2.75) is 32.7 Å². The summed E-state index contributed by atoms with van der Waals surface area (Å²) in [4.78, 5) is 20.8. The quantitative estimate of drug-likeness (QED) is 0.696. The first-order valence-corrected chi connectivity index (χ1v) is 8.93. The number of nitrogens with zero attached hydrogens (tertiary/aromatic N) is 2. The second kappa shape index (κ2) is 7.99. The Balaban J connectivity index is 1.64. The van der Waals surface area contributed by atoms with Gasteiger partial charge in [0, 0.05) is 18.3 Å². The molecule has 3 rings (SSSR count). The van der Waals surface area contributed by atoms with Crippen LogP contribution in [0.5, 0.6) is 0 Å². The number of anilines is 2. The van der Waals surface area contributed by atoms with Gasteiger partial charge in [-0.3, -0.25) is 4.79 Å². The van der Waals surface area contributed by atoms with Gasteiger partial charge < -0.3 is 10.6 Å². The maximum atomic E-state index is 12.5. The average Bonchev–Trinajstić information content (AvgIpc) is 2.67. The van der Waals surface area contributed by atoms with Crippen molar-refractivity contribution in [3.05, 3.63) is 83.8 Å². The number of aromatic nitrogens is 2. The van der Waals surface area contributed by atoms with Crippen LogP contribution in [0.3, 0.4) is 0 Å². The van der Waals surface area contributed by atoms with Crippen molar-refractivity contribution >= 4 is 17.4 Å². The van der Waals surface area contributed by atoms with E-state index in [4.69, 9.17) is 0 Å². The van der Waals surface area contributed by atoms with Crippen LogP contribution in [0, 0.1) is 0 Å². The monoisotopic (exact) mass is 360 g/mol. The lowest BCUT2D eigenvalue weighted by Gasteiger charge is -2.19. The molecular weight excluding hydrogens is 336 g/mol. The Hall–Kier alpha value is -3.21. The van der Waals surface area contributed by atoms with Gasteiger partial charge in [0.2, 0.25) is 0 Å². The molecule has 5 heteroatoms. The number of rotatable bonds is 5. The molecule has 0 atom stereocenters. The molecule has 5 nitrogen and oxygen atoms in total. The van der Waals surface area contributed by atoms with Crippen LogP contribution in [0.4, 0.5) is 11.5 Å². The highest BCUT2D eigenvalue weighted by Crippen LogP contribution is 2.23. The van der Waals surface area contributed by atoms with Crippen molar-refractivity contribution in [2.75, 3.05) is 10.6 Å². The summed E-state index contributed by atoms with van der Waals surface area (Å²) in [5, 5.41) is 6.09. The van der Waals surface area contributed by atoms with Crippen molar-refractivity contribution < 1.29 is 4.79 Å². The third-order valence-electron chi connectivity index (χ3n) is 4.22. The van der Waals surface area contributed by atoms with E-state index >= 15 is 0 Å². The van der Waals surface area contributed by atoms with Gasteiger partial charge in [-0.25, -0.2) is 9.97 Å². The van der Waals surface area contributed by atoms with Crippen molar-refractivity contribution in [2.24, 2.45) is 0 Å². The van der Waals surface area contributed by atoms with Gasteiger partial charge in [-0.1, -0.05) is 63.2 Å². The lowest BCUT2D eigenvalue weighted by atomic mass is 9.87. The predicted molar refractivity (Wildman–Crippen MR) is 109 cm³/mol. The molecule has 3 aromatic rings. The molecule has 138 valence electrons.